The van der Waals surface area contributed by atoms with Crippen LogP contribution in [0.15, 0.2) is 42.5 Å². The predicted molar refractivity (Wildman–Crippen MR) is 106 cm³/mol. The van der Waals surface area contributed by atoms with Crippen LogP contribution in [0.2, 0.25) is 0 Å². The molecule has 2 atom stereocenters. The van der Waals surface area contributed by atoms with E-state index in [4.69, 9.17) is 4.74 Å². The smallest absolute Gasteiger partial charge is 0.312 e. The summed E-state index contributed by atoms with van der Waals surface area (Å²) in [6, 6.07) is 13.5. The lowest BCUT2D eigenvalue weighted by molar-refractivity contribution is -0.196. The monoisotopic (exact) mass is 379 g/mol. The van der Waals surface area contributed by atoms with Crippen molar-refractivity contribution >= 4 is 28.3 Å². The molecule has 4 bridgehead atoms. The van der Waals surface area contributed by atoms with Gasteiger partial charge in [0.05, 0.1) is 11.0 Å². The third-order valence-corrected chi connectivity index (χ3v) is 6.86. The Morgan fingerprint density at radius 3 is 2.50 bits per heavy atom. The highest BCUT2D eigenvalue weighted by atomic mass is 16.5. The van der Waals surface area contributed by atoms with Crippen molar-refractivity contribution in [2.75, 3.05) is 11.9 Å². The molecule has 28 heavy (non-hydrogen) atoms. The Bertz CT molecular complexity index is 933. The number of benzene rings is 2. The molecule has 6 rings (SSSR count). The van der Waals surface area contributed by atoms with Gasteiger partial charge >= 0.3 is 5.97 Å². The van der Waals surface area contributed by atoms with Crippen LogP contribution in [-0.4, -0.2) is 29.2 Å². The average molecular weight is 379 g/mol. The van der Waals surface area contributed by atoms with Crippen molar-refractivity contribution in [1.29, 1.82) is 0 Å². The fraction of sp³-hybridized carbons (Fsp3) is 0.478. The van der Waals surface area contributed by atoms with E-state index in [1.165, 1.54) is 0 Å². The molecule has 1 amide bonds. The Kier molecular flexibility index (Phi) is 3.98. The van der Waals surface area contributed by atoms with Crippen molar-refractivity contribution in [1.82, 2.24) is 0 Å². The summed E-state index contributed by atoms with van der Waals surface area (Å²) in [6.45, 7) is -0.294. The first-order chi connectivity index (χ1) is 13.4. The first-order valence-electron chi connectivity index (χ1n) is 10.1. The van der Waals surface area contributed by atoms with Gasteiger partial charge in [-0.25, -0.2) is 0 Å². The third kappa shape index (κ3) is 2.98. The molecule has 0 heterocycles. The second-order valence-corrected chi connectivity index (χ2v) is 9.12. The highest BCUT2D eigenvalue weighted by molar-refractivity contribution is 6.02. The van der Waals surface area contributed by atoms with Crippen molar-refractivity contribution in [2.45, 2.75) is 44.1 Å². The number of carbonyl (C=O) groups excluding carboxylic acids is 2. The third-order valence-electron chi connectivity index (χ3n) is 6.86. The molecule has 4 fully saturated rings. The van der Waals surface area contributed by atoms with Crippen molar-refractivity contribution in [3.8, 4) is 0 Å². The van der Waals surface area contributed by atoms with Crippen LogP contribution >= 0.6 is 0 Å². The summed E-state index contributed by atoms with van der Waals surface area (Å²) in [5.74, 6) is 0.160. The van der Waals surface area contributed by atoms with Gasteiger partial charge in [0, 0.05) is 11.1 Å². The van der Waals surface area contributed by atoms with Crippen LogP contribution in [0, 0.1) is 17.3 Å². The summed E-state index contributed by atoms with van der Waals surface area (Å²) in [6.07, 6.45) is 4.78. The molecule has 5 nitrogen and oxygen atoms in total. The maximum atomic E-state index is 12.9. The fourth-order valence-electron chi connectivity index (χ4n) is 6.26. The topological polar surface area (TPSA) is 75.6 Å². The second kappa shape index (κ2) is 6.31. The standard InChI is InChI=1S/C23H25NO4/c25-20(24-19-7-3-5-17-4-1-2-6-18(17)19)13-28-21(26)22-9-15-8-16(10-22)12-23(27,11-15)14-22/h1-7,15-16,27H,8-14H2,(H,24,25). The maximum absolute atomic E-state index is 12.9. The van der Waals surface area contributed by atoms with E-state index in [2.05, 4.69) is 5.32 Å². The van der Waals surface area contributed by atoms with E-state index in [1.807, 2.05) is 42.5 Å². The molecular weight excluding hydrogens is 354 g/mol. The Labute approximate surface area is 164 Å². The molecule has 0 radical (unpaired) electrons. The number of ether oxygens (including phenoxy) is 1. The number of hydrogen-bond donors (Lipinski definition) is 2. The lowest BCUT2D eigenvalue weighted by Gasteiger charge is -2.58. The van der Waals surface area contributed by atoms with Crippen molar-refractivity contribution in [3.63, 3.8) is 0 Å². The lowest BCUT2D eigenvalue weighted by Crippen LogP contribution is -2.58. The normalized spacial score (nSPS) is 33.0. The van der Waals surface area contributed by atoms with Gasteiger partial charge in [-0.2, -0.15) is 0 Å². The van der Waals surface area contributed by atoms with E-state index in [1.54, 1.807) is 0 Å². The number of hydrogen-bond acceptors (Lipinski definition) is 4. The molecule has 5 heteroatoms. The molecule has 2 unspecified atom stereocenters. The molecule has 4 aliphatic carbocycles. The Morgan fingerprint density at radius 2 is 1.75 bits per heavy atom. The molecule has 4 saturated carbocycles. The molecular formula is C23H25NO4. The minimum atomic E-state index is -0.714. The summed E-state index contributed by atoms with van der Waals surface area (Å²) in [5.41, 5.74) is -0.601. The molecule has 0 spiro atoms. The van der Waals surface area contributed by atoms with Crippen molar-refractivity contribution in [3.05, 3.63) is 42.5 Å². The van der Waals surface area contributed by atoms with Gasteiger partial charge in [-0.1, -0.05) is 36.4 Å². The van der Waals surface area contributed by atoms with Crippen LogP contribution in [0.5, 0.6) is 0 Å². The highest BCUT2D eigenvalue weighted by Gasteiger charge is 2.60. The van der Waals surface area contributed by atoms with Crippen LogP contribution in [0.4, 0.5) is 5.69 Å². The maximum Gasteiger partial charge on any atom is 0.312 e. The van der Waals surface area contributed by atoms with E-state index in [-0.39, 0.29) is 18.5 Å². The lowest BCUT2D eigenvalue weighted by atomic mass is 9.48. The number of carbonyl (C=O) groups is 2. The molecule has 0 aromatic heterocycles. The van der Waals surface area contributed by atoms with E-state index < -0.39 is 11.0 Å². The van der Waals surface area contributed by atoms with Crippen LogP contribution in [0.25, 0.3) is 10.8 Å². The summed E-state index contributed by atoms with van der Waals surface area (Å²) in [7, 11) is 0. The number of aliphatic hydroxyl groups is 1. The van der Waals surface area contributed by atoms with Gasteiger partial charge in [-0.05, 0) is 61.8 Å². The predicted octanol–water partition coefficient (Wildman–Crippen LogP) is 3.65. The van der Waals surface area contributed by atoms with Crippen molar-refractivity contribution < 1.29 is 19.4 Å². The first kappa shape index (κ1) is 17.7. The second-order valence-electron chi connectivity index (χ2n) is 9.12. The minimum Gasteiger partial charge on any atom is -0.455 e. The Hall–Kier alpha value is -2.40. The zero-order chi connectivity index (χ0) is 19.4. The zero-order valence-corrected chi connectivity index (χ0v) is 15.8. The summed E-state index contributed by atoms with van der Waals surface area (Å²) in [4.78, 5) is 25.3. The van der Waals surface area contributed by atoms with E-state index in [9.17, 15) is 14.7 Å². The zero-order valence-electron chi connectivity index (χ0n) is 15.8. The molecule has 2 N–H and O–H groups in total. The van der Waals surface area contributed by atoms with Gasteiger partial charge in [0.15, 0.2) is 6.61 Å². The summed E-state index contributed by atoms with van der Waals surface area (Å²) < 4.78 is 5.46. The summed E-state index contributed by atoms with van der Waals surface area (Å²) in [5, 5.41) is 15.7. The minimum absolute atomic E-state index is 0.294. The first-order valence-corrected chi connectivity index (χ1v) is 10.1. The molecule has 2 aromatic carbocycles. The Balaban J connectivity index is 1.25. The molecule has 2 aromatic rings. The van der Waals surface area contributed by atoms with E-state index in [0.29, 0.717) is 23.9 Å². The number of rotatable bonds is 4. The fourth-order valence-corrected chi connectivity index (χ4v) is 6.26. The SMILES string of the molecule is O=C(COC(=O)C12CC3CC(CC(O)(C3)C1)C2)Nc1cccc2ccccc12. The number of fused-ring (bicyclic) bond motifs is 1. The van der Waals surface area contributed by atoms with E-state index >= 15 is 0 Å². The van der Waals surface area contributed by atoms with Gasteiger partial charge in [-0.15, -0.1) is 0 Å². The number of nitrogens with one attached hydrogen (secondary N) is 1. The summed E-state index contributed by atoms with van der Waals surface area (Å²) >= 11 is 0. The van der Waals surface area contributed by atoms with Crippen LogP contribution in [0.1, 0.15) is 38.5 Å². The molecule has 0 saturated heterocycles. The van der Waals surface area contributed by atoms with Gasteiger partial charge in [-0.3, -0.25) is 9.59 Å². The van der Waals surface area contributed by atoms with Crippen LogP contribution in [-0.2, 0) is 14.3 Å². The molecule has 4 aliphatic rings. The van der Waals surface area contributed by atoms with Gasteiger partial charge < -0.3 is 15.2 Å². The highest BCUT2D eigenvalue weighted by Crippen LogP contribution is 2.61. The van der Waals surface area contributed by atoms with E-state index in [0.717, 1.165) is 42.9 Å². The van der Waals surface area contributed by atoms with Crippen LogP contribution < -0.4 is 5.32 Å². The number of anilines is 1. The van der Waals surface area contributed by atoms with Gasteiger partial charge in [0.25, 0.3) is 5.91 Å². The van der Waals surface area contributed by atoms with Crippen LogP contribution in [0.3, 0.4) is 0 Å². The Morgan fingerprint density at radius 1 is 1.04 bits per heavy atom. The number of amides is 1. The van der Waals surface area contributed by atoms with Crippen molar-refractivity contribution in [2.24, 2.45) is 17.3 Å². The largest absolute Gasteiger partial charge is 0.455 e. The number of esters is 1. The average Bonchev–Trinajstić information content (AvgIpc) is 2.64. The molecule has 146 valence electrons. The van der Waals surface area contributed by atoms with Gasteiger partial charge in [0.2, 0.25) is 0 Å². The van der Waals surface area contributed by atoms with Gasteiger partial charge in [0.1, 0.15) is 0 Å². The quantitative estimate of drug-likeness (QED) is 0.795. The molecule has 0 aliphatic heterocycles.